The summed E-state index contributed by atoms with van der Waals surface area (Å²) < 4.78 is 32.5. The summed E-state index contributed by atoms with van der Waals surface area (Å²) in [6, 6.07) is 3.97. The maximum absolute atomic E-state index is 12.3. The molecule has 0 bridgehead atoms. The van der Waals surface area contributed by atoms with Gasteiger partial charge in [-0.25, -0.2) is 18.1 Å². The van der Waals surface area contributed by atoms with Gasteiger partial charge in [0.1, 0.15) is 0 Å². The van der Waals surface area contributed by atoms with E-state index in [1.807, 2.05) is 6.07 Å². The van der Waals surface area contributed by atoms with Crippen molar-refractivity contribution in [3.8, 4) is 0 Å². The molecule has 0 atom stereocenters. The molecule has 1 aromatic rings. The van der Waals surface area contributed by atoms with Gasteiger partial charge in [-0.1, -0.05) is 6.07 Å². The number of nitrogens with one attached hydrogen (secondary N) is 2. The molecule has 0 amide bonds. The molecule has 3 rings (SSSR count). The largest absolute Gasteiger partial charge is 0.381 e. The SMILES string of the molecule is O=S(=O)(NC1CCOCC1)c1ccc(CNC2CC2)cn1. The van der Waals surface area contributed by atoms with Crippen molar-refractivity contribution in [2.75, 3.05) is 13.2 Å². The molecule has 0 unspecified atom stereocenters. The summed E-state index contributed by atoms with van der Waals surface area (Å²) in [5.74, 6) is 0. The Balaban J connectivity index is 1.60. The third-order valence-corrected chi connectivity index (χ3v) is 5.22. The van der Waals surface area contributed by atoms with Crippen molar-refractivity contribution in [1.29, 1.82) is 0 Å². The van der Waals surface area contributed by atoms with Crippen LogP contribution in [-0.2, 0) is 21.3 Å². The van der Waals surface area contributed by atoms with Crippen LogP contribution in [0.3, 0.4) is 0 Å². The highest BCUT2D eigenvalue weighted by Gasteiger charge is 2.23. The van der Waals surface area contributed by atoms with Crippen LogP contribution in [-0.4, -0.2) is 38.7 Å². The quantitative estimate of drug-likeness (QED) is 0.812. The lowest BCUT2D eigenvalue weighted by Gasteiger charge is -2.22. The van der Waals surface area contributed by atoms with E-state index in [0.29, 0.717) is 32.1 Å². The molecule has 2 N–H and O–H groups in total. The van der Waals surface area contributed by atoms with E-state index < -0.39 is 10.0 Å². The fourth-order valence-electron chi connectivity index (χ4n) is 2.32. The molecule has 6 nitrogen and oxygen atoms in total. The number of aromatic nitrogens is 1. The highest BCUT2D eigenvalue weighted by Crippen LogP contribution is 2.19. The molecular formula is C14H21N3O3S. The molecule has 1 saturated carbocycles. The Morgan fingerprint density at radius 1 is 1.14 bits per heavy atom. The molecule has 116 valence electrons. The molecule has 21 heavy (non-hydrogen) atoms. The highest BCUT2D eigenvalue weighted by atomic mass is 32.2. The van der Waals surface area contributed by atoms with Crippen molar-refractivity contribution in [2.45, 2.75) is 49.3 Å². The number of hydrogen-bond acceptors (Lipinski definition) is 5. The first-order chi connectivity index (χ1) is 10.1. The zero-order valence-electron chi connectivity index (χ0n) is 11.9. The summed E-state index contributed by atoms with van der Waals surface area (Å²) in [4.78, 5) is 4.09. The van der Waals surface area contributed by atoms with Gasteiger partial charge in [-0.2, -0.15) is 0 Å². The fourth-order valence-corrected chi connectivity index (χ4v) is 3.55. The molecule has 2 aliphatic rings. The first kappa shape index (κ1) is 14.9. The van der Waals surface area contributed by atoms with E-state index in [2.05, 4.69) is 15.0 Å². The molecule has 1 saturated heterocycles. The highest BCUT2D eigenvalue weighted by molar-refractivity contribution is 7.89. The average molecular weight is 311 g/mol. The summed E-state index contributed by atoms with van der Waals surface area (Å²) in [6.07, 6.45) is 5.52. The van der Waals surface area contributed by atoms with E-state index in [1.54, 1.807) is 12.3 Å². The summed E-state index contributed by atoms with van der Waals surface area (Å²) in [5.41, 5.74) is 1.01. The van der Waals surface area contributed by atoms with Crippen LogP contribution in [0, 0.1) is 0 Å². The first-order valence-corrected chi connectivity index (χ1v) is 8.90. The minimum Gasteiger partial charge on any atom is -0.381 e. The van der Waals surface area contributed by atoms with Crippen LogP contribution < -0.4 is 10.0 Å². The normalized spacial score (nSPS) is 20.6. The fraction of sp³-hybridized carbons (Fsp3) is 0.643. The maximum Gasteiger partial charge on any atom is 0.258 e. The van der Waals surface area contributed by atoms with E-state index in [-0.39, 0.29) is 11.1 Å². The lowest BCUT2D eigenvalue weighted by molar-refractivity contribution is 0.0832. The van der Waals surface area contributed by atoms with Gasteiger partial charge in [-0.05, 0) is 37.3 Å². The zero-order valence-corrected chi connectivity index (χ0v) is 12.7. The van der Waals surface area contributed by atoms with Crippen molar-refractivity contribution >= 4 is 10.0 Å². The molecule has 7 heteroatoms. The van der Waals surface area contributed by atoms with E-state index in [9.17, 15) is 8.42 Å². The Morgan fingerprint density at radius 2 is 1.90 bits per heavy atom. The van der Waals surface area contributed by atoms with Gasteiger partial charge in [0.15, 0.2) is 5.03 Å². The van der Waals surface area contributed by atoms with Crippen molar-refractivity contribution < 1.29 is 13.2 Å². The molecular weight excluding hydrogens is 290 g/mol. The Bertz CT molecular complexity index is 564. The van der Waals surface area contributed by atoms with Crippen LogP contribution in [0.1, 0.15) is 31.2 Å². The van der Waals surface area contributed by atoms with Gasteiger partial charge >= 0.3 is 0 Å². The van der Waals surface area contributed by atoms with Crippen molar-refractivity contribution in [1.82, 2.24) is 15.0 Å². The minimum absolute atomic E-state index is 0.0539. The lowest BCUT2D eigenvalue weighted by Crippen LogP contribution is -2.39. The van der Waals surface area contributed by atoms with Crippen LogP contribution in [0.5, 0.6) is 0 Å². The predicted octanol–water partition coefficient (Wildman–Crippen LogP) is 0.791. The molecule has 2 fully saturated rings. The zero-order chi connectivity index (χ0) is 14.7. The summed E-state index contributed by atoms with van der Waals surface area (Å²) in [5, 5.41) is 3.46. The number of pyridine rings is 1. The maximum atomic E-state index is 12.3. The Kier molecular flexibility index (Phi) is 4.54. The first-order valence-electron chi connectivity index (χ1n) is 7.42. The van der Waals surface area contributed by atoms with Gasteiger partial charge in [0.25, 0.3) is 10.0 Å². The van der Waals surface area contributed by atoms with Gasteiger partial charge < -0.3 is 10.1 Å². The second-order valence-corrected chi connectivity index (χ2v) is 7.33. The van der Waals surface area contributed by atoms with E-state index in [4.69, 9.17) is 4.74 Å². The van der Waals surface area contributed by atoms with Crippen LogP contribution in [0.4, 0.5) is 0 Å². The predicted molar refractivity (Wildman–Crippen MR) is 78.3 cm³/mol. The summed E-state index contributed by atoms with van der Waals surface area (Å²) >= 11 is 0. The van der Waals surface area contributed by atoms with Crippen LogP contribution >= 0.6 is 0 Å². The molecule has 1 aromatic heterocycles. The lowest BCUT2D eigenvalue weighted by atomic mass is 10.1. The number of ether oxygens (including phenoxy) is 1. The van der Waals surface area contributed by atoms with Gasteiger partial charge in [-0.3, -0.25) is 0 Å². The third-order valence-electron chi connectivity index (χ3n) is 3.79. The van der Waals surface area contributed by atoms with E-state index >= 15 is 0 Å². The molecule has 1 aliphatic heterocycles. The molecule has 0 radical (unpaired) electrons. The smallest absolute Gasteiger partial charge is 0.258 e. The van der Waals surface area contributed by atoms with Gasteiger partial charge in [-0.15, -0.1) is 0 Å². The van der Waals surface area contributed by atoms with Crippen LogP contribution in [0.15, 0.2) is 23.4 Å². The van der Waals surface area contributed by atoms with Gasteiger partial charge in [0, 0.05) is 38.0 Å². The van der Waals surface area contributed by atoms with E-state index in [0.717, 1.165) is 12.1 Å². The number of rotatable bonds is 6. The van der Waals surface area contributed by atoms with E-state index in [1.165, 1.54) is 12.8 Å². The third kappa shape index (κ3) is 4.23. The van der Waals surface area contributed by atoms with Gasteiger partial charge in [0.2, 0.25) is 0 Å². The molecule has 1 aliphatic carbocycles. The molecule has 0 spiro atoms. The average Bonchev–Trinajstić information content (AvgIpc) is 3.30. The number of nitrogens with zero attached hydrogens (tertiary/aromatic N) is 1. The topological polar surface area (TPSA) is 80.3 Å². The van der Waals surface area contributed by atoms with Crippen molar-refractivity contribution in [3.63, 3.8) is 0 Å². The van der Waals surface area contributed by atoms with Crippen LogP contribution in [0.2, 0.25) is 0 Å². The molecule has 2 heterocycles. The Labute approximate surface area is 125 Å². The van der Waals surface area contributed by atoms with Crippen molar-refractivity contribution in [2.24, 2.45) is 0 Å². The second kappa shape index (κ2) is 6.39. The minimum atomic E-state index is -3.53. The molecule has 0 aromatic carbocycles. The number of sulfonamides is 1. The summed E-state index contributed by atoms with van der Waals surface area (Å²) in [6.45, 7) is 1.95. The standard InChI is InChI=1S/C14H21N3O3S/c18-21(19,17-13-5-7-20-8-6-13)14-4-1-11(10-16-14)9-15-12-2-3-12/h1,4,10,12-13,15,17H,2-3,5-9H2. The van der Waals surface area contributed by atoms with Gasteiger partial charge in [0.05, 0.1) is 0 Å². The summed E-state index contributed by atoms with van der Waals surface area (Å²) in [7, 11) is -3.53. The van der Waals surface area contributed by atoms with Crippen LogP contribution in [0.25, 0.3) is 0 Å². The monoisotopic (exact) mass is 311 g/mol. The van der Waals surface area contributed by atoms with Crippen molar-refractivity contribution in [3.05, 3.63) is 23.9 Å². The second-order valence-electron chi connectivity index (χ2n) is 5.67. The Morgan fingerprint density at radius 3 is 2.52 bits per heavy atom. The Hall–Kier alpha value is -1.02. The number of hydrogen-bond donors (Lipinski definition) is 2.